The van der Waals surface area contributed by atoms with Crippen LogP contribution in [0.4, 0.5) is 5.95 Å². The molecule has 0 spiro atoms. The third-order valence-corrected chi connectivity index (χ3v) is 4.54. The molecule has 4 rings (SSSR count). The van der Waals surface area contributed by atoms with Crippen LogP contribution >= 0.6 is 0 Å². The lowest BCUT2D eigenvalue weighted by atomic mass is 9.95. The quantitative estimate of drug-likeness (QED) is 0.874. The smallest absolute Gasteiger partial charge is 0.223 e. The minimum Gasteiger partial charge on any atom is -0.351 e. The fourth-order valence-corrected chi connectivity index (χ4v) is 3.63. The molecule has 2 fully saturated rings. The maximum Gasteiger partial charge on any atom is 0.223 e. The van der Waals surface area contributed by atoms with E-state index in [9.17, 15) is 0 Å². The SMILES string of the molecule is c1ccc2nc(NC3CC4CCC3C4)ncc2c1. The largest absolute Gasteiger partial charge is 0.351 e. The van der Waals surface area contributed by atoms with Gasteiger partial charge in [0.25, 0.3) is 0 Å². The second-order valence-corrected chi connectivity index (χ2v) is 5.68. The van der Waals surface area contributed by atoms with Crippen molar-refractivity contribution in [1.29, 1.82) is 0 Å². The molecule has 0 aliphatic heterocycles. The topological polar surface area (TPSA) is 37.8 Å². The van der Waals surface area contributed by atoms with Gasteiger partial charge in [0.15, 0.2) is 0 Å². The van der Waals surface area contributed by atoms with Crippen LogP contribution in [0.25, 0.3) is 10.9 Å². The van der Waals surface area contributed by atoms with Gasteiger partial charge in [-0.1, -0.05) is 24.6 Å². The summed E-state index contributed by atoms with van der Waals surface area (Å²) in [6.45, 7) is 0. The Labute approximate surface area is 107 Å². The lowest BCUT2D eigenvalue weighted by molar-refractivity contribution is 0.438. The van der Waals surface area contributed by atoms with Crippen LogP contribution in [0.15, 0.2) is 30.5 Å². The van der Waals surface area contributed by atoms with E-state index < -0.39 is 0 Å². The summed E-state index contributed by atoms with van der Waals surface area (Å²) in [5, 5.41) is 4.65. The Morgan fingerprint density at radius 2 is 2.06 bits per heavy atom. The molecular weight excluding hydrogens is 222 g/mol. The molecule has 2 aromatic rings. The minimum atomic E-state index is 0.602. The lowest BCUT2D eigenvalue weighted by Gasteiger charge is -2.22. The van der Waals surface area contributed by atoms with Gasteiger partial charge in [-0.25, -0.2) is 9.97 Å². The van der Waals surface area contributed by atoms with E-state index in [1.54, 1.807) is 0 Å². The number of hydrogen-bond donors (Lipinski definition) is 1. The molecule has 1 heterocycles. The molecule has 18 heavy (non-hydrogen) atoms. The first-order valence-corrected chi connectivity index (χ1v) is 6.87. The first kappa shape index (κ1) is 10.3. The first-order valence-electron chi connectivity index (χ1n) is 6.87. The third-order valence-electron chi connectivity index (χ3n) is 4.54. The molecule has 1 aromatic carbocycles. The summed E-state index contributed by atoms with van der Waals surface area (Å²) in [5.74, 6) is 2.60. The minimum absolute atomic E-state index is 0.602. The second-order valence-electron chi connectivity index (χ2n) is 5.68. The van der Waals surface area contributed by atoms with Crippen molar-refractivity contribution < 1.29 is 0 Å². The van der Waals surface area contributed by atoms with Crippen molar-refractivity contribution in [2.75, 3.05) is 5.32 Å². The predicted molar refractivity (Wildman–Crippen MR) is 72.4 cm³/mol. The Kier molecular flexibility index (Phi) is 2.25. The molecule has 3 nitrogen and oxygen atoms in total. The Balaban J connectivity index is 1.59. The van der Waals surface area contributed by atoms with Crippen LogP contribution in [-0.2, 0) is 0 Å². The zero-order chi connectivity index (χ0) is 11.9. The van der Waals surface area contributed by atoms with Gasteiger partial charge in [-0.15, -0.1) is 0 Å². The lowest BCUT2D eigenvalue weighted by Crippen LogP contribution is -2.26. The van der Waals surface area contributed by atoms with Crippen molar-refractivity contribution in [2.24, 2.45) is 11.8 Å². The molecule has 0 amide bonds. The Morgan fingerprint density at radius 1 is 1.11 bits per heavy atom. The Bertz CT molecular complexity index is 581. The number of rotatable bonds is 2. The molecule has 2 bridgehead atoms. The molecule has 92 valence electrons. The third kappa shape index (κ3) is 1.65. The van der Waals surface area contributed by atoms with Crippen LogP contribution in [-0.4, -0.2) is 16.0 Å². The number of nitrogens with zero attached hydrogens (tertiary/aromatic N) is 2. The van der Waals surface area contributed by atoms with Crippen molar-refractivity contribution in [3.8, 4) is 0 Å². The second kappa shape index (κ2) is 3.94. The van der Waals surface area contributed by atoms with E-state index in [-0.39, 0.29) is 0 Å². The van der Waals surface area contributed by atoms with E-state index in [4.69, 9.17) is 0 Å². The number of anilines is 1. The summed E-state index contributed by atoms with van der Waals surface area (Å²) in [4.78, 5) is 9.03. The molecule has 3 unspecified atom stereocenters. The van der Waals surface area contributed by atoms with Gasteiger partial charge in [0.2, 0.25) is 5.95 Å². The van der Waals surface area contributed by atoms with E-state index in [1.165, 1.54) is 25.7 Å². The first-order chi connectivity index (χ1) is 8.88. The van der Waals surface area contributed by atoms with Crippen LogP contribution in [0.1, 0.15) is 25.7 Å². The molecule has 0 saturated heterocycles. The van der Waals surface area contributed by atoms with E-state index in [1.807, 2.05) is 24.4 Å². The zero-order valence-corrected chi connectivity index (χ0v) is 10.3. The highest BCUT2D eigenvalue weighted by molar-refractivity contribution is 5.78. The fraction of sp³-hybridized carbons (Fsp3) is 0.467. The van der Waals surface area contributed by atoms with Crippen molar-refractivity contribution >= 4 is 16.9 Å². The highest BCUT2D eigenvalue weighted by Crippen LogP contribution is 2.45. The van der Waals surface area contributed by atoms with Crippen LogP contribution < -0.4 is 5.32 Å². The monoisotopic (exact) mass is 239 g/mol. The highest BCUT2D eigenvalue weighted by Gasteiger charge is 2.39. The molecule has 3 atom stereocenters. The number of para-hydroxylation sites is 1. The van der Waals surface area contributed by atoms with Crippen molar-refractivity contribution in [3.63, 3.8) is 0 Å². The summed E-state index contributed by atoms with van der Waals surface area (Å²) >= 11 is 0. The molecular formula is C15H17N3. The van der Waals surface area contributed by atoms with Gasteiger partial charge in [-0.05, 0) is 37.2 Å². The number of nitrogens with one attached hydrogen (secondary N) is 1. The molecule has 0 radical (unpaired) electrons. The van der Waals surface area contributed by atoms with Gasteiger partial charge in [0.05, 0.1) is 5.52 Å². The predicted octanol–water partition coefficient (Wildman–Crippen LogP) is 3.23. The van der Waals surface area contributed by atoms with Gasteiger partial charge < -0.3 is 5.32 Å². The van der Waals surface area contributed by atoms with Crippen LogP contribution in [0.5, 0.6) is 0 Å². The summed E-state index contributed by atoms with van der Waals surface area (Å²) in [7, 11) is 0. The zero-order valence-electron chi connectivity index (χ0n) is 10.3. The van der Waals surface area contributed by atoms with Crippen molar-refractivity contribution in [1.82, 2.24) is 9.97 Å². The van der Waals surface area contributed by atoms with Gasteiger partial charge in [-0.3, -0.25) is 0 Å². The molecule has 3 heteroatoms. The molecule has 2 aliphatic rings. The van der Waals surface area contributed by atoms with E-state index >= 15 is 0 Å². The van der Waals surface area contributed by atoms with E-state index in [0.717, 1.165) is 28.7 Å². The fourth-order valence-electron chi connectivity index (χ4n) is 3.63. The molecule has 1 N–H and O–H groups in total. The van der Waals surface area contributed by atoms with Gasteiger partial charge in [0.1, 0.15) is 0 Å². The van der Waals surface area contributed by atoms with E-state index in [0.29, 0.717) is 6.04 Å². The molecule has 2 saturated carbocycles. The number of benzene rings is 1. The van der Waals surface area contributed by atoms with Crippen molar-refractivity contribution in [3.05, 3.63) is 30.5 Å². The highest BCUT2D eigenvalue weighted by atomic mass is 15.1. The van der Waals surface area contributed by atoms with Crippen molar-refractivity contribution in [2.45, 2.75) is 31.7 Å². The van der Waals surface area contributed by atoms with Gasteiger partial charge >= 0.3 is 0 Å². The Hall–Kier alpha value is -1.64. The van der Waals surface area contributed by atoms with Crippen LogP contribution in [0, 0.1) is 11.8 Å². The van der Waals surface area contributed by atoms with E-state index in [2.05, 4.69) is 21.4 Å². The molecule has 1 aromatic heterocycles. The Morgan fingerprint density at radius 3 is 2.89 bits per heavy atom. The van der Waals surface area contributed by atoms with Crippen LogP contribution in [0.2, 0.25) is 0 Å². The maximum absolute atomic E-state index is 4.60. The number of hydrogen-bond acceptors (Lipinski definition) is 3. The normalized spacial score (nSPS) is 29.9. The number of aromatic nitrogens is 2. The average molecular weight is 239 g/mol. The summed E-state index contributed by atoms with van der Waals surface area (Å²) < 4.78 is 0. The molecule has 2 aliphatic carbocycles. The number of fused-ring (bicyclic) bond motifs is 3. The standard InChI is InChI=1S/C15H17N3/c1-2-4-13-12(3-1)9-16-15(17-13)18-14-8-10-5-6-11(14)7-10/h1-4,9-11,14H,5-8H2,(H,16,17,18). The average Bonchev–Trinajstić information content (AvgIpc) is 3.01. The summed E-state index contributed by atoms with van der Waals surface area (Å²) in [5.41, 5.74) is 1.03. The van der Waals surface area contributed by atoms with Gasteiger partial charge in [-0.2, -0.15) is 0 Å². The summed E-state index contributed by atoms with van der Waals surface area (Å²) in [6.07, 6.45) is 7.45. The summed E-state index contributed by atoms with van der Waals surface area (Å²) in [6, 6.07) is 8.75. The van der Waals surface area contributed by atoms with Gasteiger partial charge in [0, 0.05) is 17.6 Å². The van der Waals surface area contributed by atoms with Crippen LogP contribution in [0.3, 0.4) is 0 Å². The maximum atomic E-state index is 4.60.